The summed E-state index contributed by atoms with van der Waals surface area (Å²) in [7, 11) is 0. The summed E-state index contributed by atoms with van der Waals surface area (Å²) in [5.74, 6) is 2.34. The van der Waals surface area contributed by atoms with E-state index in [0.717, 1.165) is 11.8 Å². The Morgan fingerprint density at radius 1 is 0.871 bits per heavy atom. The molecule has 4 aliphatic carbocycles. The van der Waals surface area contributed by atoms with E-state index in [-0.39, 0.29) is 17.2 Å². The van der Waals surface area contributed by atoms with Crippen molar-refractivity contribution in [2.24, 2.45) is 28.8 Å². The molecule has 0 radical (unpaired) electrons. The van der Waals surface area contributed by atoms with Crippen molar-refractivity contribution < 1.29 is 4.79 Å². The minimum Gasteiger partial charge on any atom is -0.267 e. The first-order valence-electron chi connectivity index (χ1n) is 11.1. The second-order valence-corrected chi connectivity index (χ2v) is 9.23. The third-order valence-electron chi connectivity index (χ3n) is 7.28. The van der Waals surface area contributed by atoms with Gasteiger partial charge in [0.25, 0.3) is 11.5 Å². The van der Waals surface area contributed by atoms with Gasteiger partial charge >= 0.3 is 0 Å². The van der Waals surface area contributed by atoms with Gasteiger partial charge in [-0.3, -0.25) is 9.59 Å². The lowest BCUT2D eigenvalue weighted by Gasteiger charge is -2.50. The Morgan fingerprint density at radius 3 is 2.16 bits per heavy atom. The fourth-order valence-corrected chi connectivity index (χ4v) is 6.12. The monoisotopic (exact) mass is 412 g/mol. The highest BCUT2D eigenvalue weighted by Crippen LogP contribution is 2.52. The molecule has 1 heterocycles. The van der Waals surface area contributed by atoms with Crippen LogP contribution in [0.4, 0.5) is 0 Å². The number of hydrogen-bond acceptors (Lipinski definition) is 4. The van der Waals surface area contributed by atoms with Crippen LogP contribution in [-0.2, 0) is 0 Å². The van der Waals surface area contributed by atoms with Crippen LogP contribution in [0, 0.1) is 23.7 Å². The van der Waals surface area contributed by atoms with Crippen molar-refractivity contribution in [1.29, 1.82) is 0 Å². The summed E-state index contributed by atoms with van der Waals surface area (Å²) in [6.07, 6.45) is 6.22. The molecule has 1 amide bonds. The van der Waals surface area contributed by atoms with Crippen LogP contribution in [0.25, 0.3) is 16.5 Å². The number of hydrogen-bond donors (Lipinski definition) is 1. The van der Waals surface area contributed by atoms with E-state index in [0.29, 0.717) is 28.3 Å². The van der Waals surface area contributed by atoms with Crippen LogP contribution in [-0.4, -0.2) is 21.4 Å². The molecule has 1 aromatic heterocycles. The van der Waals surface area contributed by atoms with Crippen molar-refractivity contribution in [3.63, 3.8) is 0 Å². The third kappa shape index (κ3) is 3.09. The highest BCUT2D eigenvalue weighted by atomic mass is 16.2. The summed E-state index contributed by atoms with van der Waals surface area (Å²) >= 11 is 0. The number of para-hydroxylation sites is 1. The van der Waals surface area contributed by atoms with Crippen LogP contribution in [0.15, 0.2) is 64.5 Å². The molecule has 6 nitrogen and oxygen atoms in total. The standard InChI is InChI=1S/C25H24N4O2/c30-24(27-26-22-17-11-15-10-16(13-17)14-18(22)12-15)23-20-8-4-5-9-21(20)25(31)29(28-23)19-6-2-1-3-7-19/h1-9,15-18H,10-14H2,(H,27,30). The molecule has 6 heteroatoms. The zero-order valence-corrected chi connectivity index (χ0v) is 17.2. The van der Waals surface area contributed by atoms with Gasteiger partial charge in [-0.2, -0.15) is 14.9 Å². The fourth-order valence-electron chi connectivity index (χ4n) is 6.12. The first kappa shape index (κ1) is 18.5. The predicted octanol–water partition coefficient (Wildman–Crippen LogP) is 3.93. The Kier molecular flexibility index (Phi) is 4.26. The Balaban J connectivity index is 1.38. The second kappa shape index (κ2) is 7.15. The van der Waals surface area contributed by atoms with Gasteiger partial charge in [-0.05, 0) is 74.0 Å². The minimum atomic E-state index is -0.373. The average molecular weight is 412 g/mol. The molecular weight excluding hydrogens is 388 g/mol. The number of nitrogens with zero attached hydrogens (tertiary/aromatic N) is 3. The molecule has 0 aliphatic heterocycles. The molecule has 3 aromatic rings. The molecule has 2 aromatic carbocycles. The van der Waals surface area contributed by atoms with Gasteiger partial charge in [-0.1, -0.05) is 36.4 Å². The first-order chi connectivity index (χ1) is 15.2. The maximum atomic E-state index is 13.2. The largest absolute Gasteiger partial charge is 0.292 e. The maximum absolute atomic E-state index is 13.2. The van der Waals surface area contributed by atoms with E-state index in [1.807, 2.05) is 24.3 Å². The lowest BCUT2D eigenvalue weighted by molar-refractivity contribution is 0.0938. The van der Waals surface area contributed by atoms with E-state index in [4.69, 9.17) is 0 Å². The summed E-state index contributed by atoms with van der Waals surface area (Å²) in [6.45, 7) is 0. The Bertz CT molecular complexity index is 1230. The lowest BCUT2D eigenvalue weighted by Crippen LogP contribution is -2.46. The van der Waals surface area contributed by atoms with Crippen LogP contribution in [0.3, 0.4) is 0 Å². The van der Waals surface area contributed by atoms with Crippen molar-refractivity contribution in [1.82, 2.24) is 15.2 Å². The number of fused-ring (bicyclic) bond motifs is 1. The second-order valence-electron chi connectivity index (χ2n) is 9.23. The van der Waals surface area contributed by atoms with E-state index in [2.05, 4.69) is 15.6 Å². The number of aromatic nitrogens is 2. The number of nitrogens with one attached hydrogen (secondary N) is 1. The van der Waals surface area contributed by atoms with Gasteiger partial charge in [0.1, 0.15) is 0 Å². The van der Waals surface area contributed by atoms with Crippen LogP contribution in [0.2, 0.25) is 0 Å². The van der Waals surface area contributed by atoms with E-state index in [1.165, 1.54) is 42.5 Å². The zero-order chi connectivity index (χ0) is 20.9. The average Bonchev–Trinajstić information content (AvgIpc) is 2.79. The number of hydrazone groups is 1. The van der Waals surface area contributed by atoms with Crippen molar-refractivity contribution in [2.75, 3.05) is 0 Å². The zero-order valence-electron chi connectivity index (χ0n) is 17.2. The molecule has 156 valence electrons. The summed E-state index contributed by atoms with van der Waals surface area (Å²) in [6, 6.07) is 16.3. The van der Waals surface area contributed by atoms with Crippen molar-refractivity contribution in [2.45, 2.75) is 32.1 Å². The molecule has 0 unspecified atom stereocenters. The Morgan fingerprint density at radius 2 is 1.48 bits per heavy atom. The van der Waals surface area contributed by atoms with Crippen molar-refractivity contribution in [3.05, 3.63) is 70.6 Å². The van der Waals surface area contributed by atoms with Crippen LogP contribution < -0.4 is 11.0 Å². The van der Waals surface area contributed by atoms with Gasteiger partial charge < -0.3 is 0 Å². The quantitative estimate of drug-likeness (QED) is 0.663. The van der Waals surface area contributed by atoms with Crippen LogP contribution >= 0.6 is 0 Å². The molecule has 1 N–H and O–H groups in total. The topological polar surface area (TPSA) is 76.3 Å². The lowest BCUT2D eigenvalue weighted by atomic mass is 9.55. The smallest absolute Gasteiger partial charge is 0.267 e. The minimum absolute atomic E-state index is 0.215. The Hall–Kier alpha value is -3.28. The number of amides is 1. The normalized spacial score (nSPS) is 26.3. The molecule has 0 saturated heterocycles. The van der Waals surface area contributed by atoms with Crippen molar-refractivity contribution >= 4 is 22.4 Å². The van der Waals surface area contributed by atoms with E-state index in [9.17, 15) is 9.59 Å². The van der Waals surface area contributed by atoms with Gasteiger partial charge in [0, 0.05) is 11.1 Å². The fraction of sp³-hybridized carbons (Fsp3) is 0.360. The molecule has 4 fully saturated rings. The number of carbonyl (C=O) groups is 1. The molecule has 0 atom stereocenters. The highest BCUT2D eigenvalue weighted by Gasteiger charge is 2.46. The maximum Gasteiger partial charge on any atom is 0.292 e. The third-order valence-corrected chi connectivity index (χ3v) is 7.28. The Labute approximate surface area is 180 Å². The predicted molar refractivity (Wildman–Crippen MR) is 119 cm³/mol. The number of carbonyl (C=O) groups excluding carboxylic acids is 1. The van der Waals surface area contributed by atoms with Gasteiger partial charge in [-0.25, -0.2) is 5.43 Å². The summed E-state index contributed by atoms with van der Waals surface area (Å²) in [5, 5.41) is 10.1. The molecule has 31 heavy (non-hydrogen) atoms. The SMILES string of the molecule is O=C(NN=C1C2CC3CC(C2)CC1C3)c1nn(-c2ccccc2)c(=O)c2ccccc12. The van der Waals surface area contributed by atoms with Crippen LogP contribution in [0.1, 0.15) is 42.6 Å². The summed E-state index contributed by atoms with van der Waals surface area (Å²) in [4.78, 5) is 26.2. The van der Waals surface area contributed by atoms with Gasteiger partial charge in [0.15, 0.2) is 5.69 Å². The molecule has 4 saturated carbocycles. The van der Waals surface area contributed by atoms with E-state index in [1.54, 1.807) is 30.3 Å². The molecular formula is C25H24N4O2. The first-order valence-corrected chi connectivity index (χ1v) is 11.1. The molecule has 7 rings (SSSR count). The van der Waals surface area contributed by atoms with E-state index < -0.39 is 0 Å². The van der Waals surface area contributed by atoms with Crippen molar-refractivity contribution in [3.8, 4) is 5.69 Å². The summed E-state index contributed by atoms with van der Waals surface area (Å²) < 4.78 is 1.30. The van der Waals surface area contributed by atoms with Gasteiger partial charge in [0.05, 0.1) is 11.1 Å². The molecule has 0 spiro atoms. The van der Waals surface area contributed by atoms with Gasteiger partial charge in [-0.15, -0.1) is 0 Å². The molecule has 4 bridgehead atoms. The van der Waals surface area contributed by atoms with E-state index >= 15 is 0 Å². The number of rotatable bonds is 3. The van der Waals surface area contributed by atoms with Gasteiger partial charge in [0.2, 0.25) is 0 Å². The molecule has 4 aliphatic rings. The highest BCUT2D eigenvalue weighted by molar-refractivity contribution is 6.05. The summed E-state index contributed by atoms with van der Waals surface area (Å²) in [5.41, 5.74) is 4.55. The number of benzene rings is 2. The van der Waals surface area contributed by atoms with Crippen LogP contribution in [0.5, 0.6) is 0 Å².